The van der Waals surface area contributed by atoms with Crippen molar-refractivity contribution in [1.29, 1.82) is 0 Å². The number of hydrogen-bond donors (Lipinski definition) is 0. The van der Waals surface area contributed by atoms with Gasteiger partial charge in [-0.1, -0.05) is 36.0 Å². The predicted molar refractivity (Wildman–Crippen MR) is 79.4 cm³/mol. The maximum absolute atomic E-state index is 11.8. The first-order valence-electron chi connectivity index (χ1n) is 6.70. The monoisotopic (exact) mass is 290 g/mol. The third kappa shape index (κ3) is 3.31. The highest BCUT2D eigenvalue weighted by molar-refractivity contribution is 8.02. The van der Waals surface area contributed by atoms with Gasteiger partial charge >= 0.3 is 5.97 Å². The molecular weight excluding hydrogens is 272 g/mol. The van der Waals surface area contributed by atoms with Crippen LogP contribution in [-0.2, 0) is 14.3 Å². The van der Waals surface area contributed by atoms with E-state index in [1.165, 1.54) is 11.8 Å². The lowest BCUT2D eigenvalue weighted by Gasteiger charge is -2.19. The van der Waals surface area contributed by atoms with E-state index in [4.69, 9.17) is 4.74 Å². The van der Waals surface area contributed by atoms with Crippen molar-refractivity contribution in [2.24, 2.45) is 5.41 Å². The Kier molecular flexibility index (Phi) is 5.01. The zero-order chi connectivity index (χ0) is 14.4. The lowest BCUT2D eigenvalue weighted by molar-refractivity contribution is -0.151. The molecule has 20 heavy (non-hydrogen) atoms. The van der Waals surface area contributed by atoms with Gasteiger partial charge in [-0.2, -0.15) is 0 Å². The smallest absolute Gasteiger partial charge is 0.319 e. The third-order valence-corrected chi connectivity index (χ3v) is 4.48. The van der Waals surface area contributed by atoms with E-state index in [2.05, 4.69) is 0 Å². The molecule has 1 saturated heterocycles. The standard InChI is InChI=1S/C16H18O3S/c1-13(17)16(10-11-19-15(16)18)9-5-6-12-20-14-7-3-2-4-8-14/h2-4,6-8,12H,5,9-11H2,1H3/b12-6+. The Morgan fingerprint density at radius 3 is 2.75 bits per heavy atom. The molecule has 0 radical (unpaired) electrons. The minimum absolute atomic E-state index is 0.0795. The largest absolute Gasteiger partial charge is 0.465 e. The highest BCUT2D eigenvalue weighted by atomic mass is 32.2. The van der Waals surface area contributed by atoms with Gasteiger partial charge in [-0.15, -0.1) is 0 Å². The molecule has 1 aromatic carbocycles. The zero-order valence-electron chi connectivity index (χ0n) is 11.5. The van der Waals surface area contributed by atoms with Crippen LogP contribution in [0.1, 0.15) is 26.2 Å². The number of ketones is 1. The van der Waals surface area contributed by atoms with Crippen LogP contribution in [0.25, 0.3) is 0 Å². The predicted octanol–water partition coefficient (Wildman–Crippen LogP) is 3.59. The van der Waals surface area contributed by atoms with E-state index in [1.807, 2.05) is 41.8 Å². The quantitative estimate of drug-likeness (QED) is 0.456. The second-order valence-corrected chi connectivity index (χ2v) is 5.84. The number of ether oxygens (including phenoxy) is 1. The van der Waals surface area contributed by atoms with E-state index < -0.39 is 5.41 Å². The maximum atomic E-state index is 11.8. The van der Waals surface area contributed by atoms with Gasteiger partial charge in [0.1, 0.15) is 11.2 Å². The average molecular weight is 290 g/mol. The molecule has 3 nitrogen and oxygen atoms in total. The highest BCUT2D eigenvalue weighted by Crippen LogP contribution is 2.36. The van der Waals surface area contributed by atoms with Crippen molar-refractivity contribution in [3.05, 3.63) is 41.8 Å². The lowest BCUT2D eigenvalue weighted by Crippen LogP contribution is -2.33. The Bertz CT molecular complexity index is 510. The summed E-state index contributed by atoms with van der Waals surface area (Å²) in [6.07, 6.45) is 3.76. The van der Waals surface area contributed by atoms with Crippen molar-refractivity contribution in [2.45, 2.75) is 31.1 Å². The molecular formula is C16H18O3S. The van der Waals surface area contributed by atoms with Crippen LogP contribution >= 0.6 is 11.8 Å². The fourth-order valence-corrected chi connectivity index (χ4v) is 3.01. The molecule has 1 aliphatic rings. The van der Waals surface area contributed by atoms with Gasteiger partial charge in [0, 0.05) is 11.3 Å². The fourth-order valence-electron chi connectivity index (χ4n) is 2.30. The van der Waals surface area contributed by atoms with Crippen LogP contribution < -0.4 is 0 Å². The van der Waals surface area contributed by atoms with Crippen LogP contribution in [0, 0.1) is 5.41 Å². The molecule has 0 amide bonds. The molecule has 1 aromatic rings. The number of rotatable bonds is 6. The minimum Gasteiger partial charge on any atom is -0.465 e. The highest BCUT2D eigenvalue weighted by Gasteiger charge is 2.47. The molecule has 1 fully saturated rings. The number of benzene rings is 1. The van der Waals surface area contributed by atoms with Crippen molar-refractivity contribution < 1.29 is 14.3 Å². The van der Waals surface area contributed by atoms with E-state index >= 15 is 0 Å². The number of hydrogen-bond acceptors (Lipinski definition) is 4. The minimum atomic E-state index is -0.901. The number of Topliss-reactive ketones (excluding diaryl/α,β-unsaturated/α-hetero) is 1. The number of cyclic esters (lactones) is 1. The average Bonchev–Trinajstić information content (AvgIpc) is 2.82. The summed E-state index contributed by atoms with van der Waals surface area (Å²) in [5.41, 5.74) is -0.901. The molecule has 2 rings (SSSR count). The molecule has 0 saturated carbocycles. The Morgan fingerprint density at radius 2 is 2.15 bits per heavy atom. The summed E-state index contributed by atoms with van der Waals surface area (Å²) in [4.78, 5) is 24.7. The number of esters is 1. The Hall–Kier alpha value is -1.55. The summed E-state index contributed by atoms with van der Waals surface area (Å²) in [6.45, 7) is 1.84. The van der Waals surface area contributed by atoms with E-state index in [9.17, 15) is 9.59 Å². The number of allylic oxidation sites excluding steroid dienone is 1. The van der Waals surface area contributed by atoms with Crippen molar-refractivity contribution in [2.75, 3.05) is 6.61 Å². The van der Waals surface area contributed by atoms with Crippen LogP contribution in [0.4, 0.5) is 0 Å². The van der Waals surface area contributed by atoms with Gasteiger partial charge in [0.25, 0.3) is 0 Å². The molecule has 0 bridgehead atoms. The molecule has 106 valence electrons. The molecule has 0 aromatic heterocycles. The summed E-state index contributed by atoms with van der Waals surface area (Å²) in [5, 5.41) is 2.00. The van der Waals surface area contributed by atoms with Gasteiger partial charge in [0.2, 0.25) is 0 Å². The summed E-state index contributed by atoms with van der Waals surface area (Å²) in [7, 11) is 0. The summed E-state index contributed by atoms with van der Waals surface area (Å²) in [5.74, 6) is -0.432. The first kappa shape index (κ1) is 14.9. The first-order chi connectivity index (χ1) is 9.65. The van der Waals surface area contributed by atoms with E-state index in [-0.39, 0.29) is 11.8 Å². The number of thioether (sulfide) groups is 1. The van der Waals surface area contributed by atoms with Gasteiger partial charge in [-0.05, 0) is 37.3 Å². The van der Waals surface area contributed by atoms with Crippen molar-refractivity contribution >= 4 is 23.5 Å². The van der Waals surface area contributed by atoms with Crippen molar-refractivity contribution in [1.82, 2.24) is 0 Å². The topological polar surface area (TPSA) is 43.4 Å². The van der Waals surface area contributed by atoms with Gasteiger partial charge in [0.05, 0.1) is 6.61 Å². The Balaban J connectivity index is 1.85. The van der Waals surface area contributed by atoms with Crippen LogP contribution in [0.15, 0.2) is 46.7 Å². The second kappa shape index (κ2) is 6.75. The summed E-state index contributed by atoms with van der Waals surface area (Å²) in [6, 6.07) is 10.1. The molecule has 1 unspecified atom stereocenters. The van der Waals surface area contributed by atoms with E-state index in [1.54, 1.807) is 11.8 Å². The lowest BCUT2D eigenvalue weighted by atomic mass is 9.78. The van der Waals surface area contributed by atoms with E-state index in [0.717, 1.165) is 0 Å². The van der Waals surface area contributed by atoms with Gasteiger partial charge in [-0.3, -0.25) is 9.59 Å². The molecule has 0 spiro atoms. The van der Waals surface area contributed by atoms with Crippen molar-refractivity contribution in [3.63, 3.8) is 0 Å². The molecule has 1 atom stereocenters. The number of carbonyl (C=O) groups is 2. The summed E-state index contributed by atoms with van der Waals surface area (Å²) >= 11 is 1.63. The normalized spacial score (nSPS) is 22.1. The molecule has 0 N–H and O–H groups in total. The second-order valence-electron chi connectivity index (χ2n) is 4.87. The van der Waals surface area contributed by atoms with E-state index in [0.29, 0.717) is 25.9 Å². The molecule has 1 heterocycles. The molecule has 0 aliphatic carbocycles. The van der Waals surface area contributed by atoms with Gasteiger partial charge in [0.15, 0.2) is 0 Å². The number of carbonyl (C=O) groups excluding carboxylic acids is 2. The van der Waals surface area contributed by atoms with Crippen LogP contribution in [0.5, 0.6) is 0 Å². The Morgan fingerprint density at radius 1 is 1.40 bits per heavy atom. The maximum Gasteiger partial charge on any atom is 0.319 e. The SMILES string of the molecule is CC(=O)C1(CC/C=C/Sc2ccccc2)CCOC1=O. The first-order valence-corrected chi connectivity index (χ1v) is 7.58. The van der Waals surface area contributed by atoms with Gasteiger partial charge < -0.3 is 4.74 Å². The van der Waals surface area contributed by atoms with Gasteiger partial charge in [-0.25, -0.2) is 0 Å². The third-order valence-electron chi connectivity index (χ3n) is 3.61. The molecule has 1 aliphatic heterocycles. The summed E-state index contributed by atoms with van der Waals surface area (Å²) < 4.78 is 4.97. The zero-order valence-corrected chi connectivity index (χ0v) is 12.3. The fraction of sp³-hybridized carbons (Fsp3) is 0.375. The van der Waals surface area contributed by atoms with Crippen LogP contribution in [-0.4, -0.2) is 18.4 Å². The van der Waals surface area contributed by atoms with Crippen LogP contribution in [0.2, 0.25) is 0 Å². The molecule has 4 heteroatoms. The Labute approximate surface area is 123 Å². The van der Waals surface area contributed by atoms with Crippen LogP contribution in [0.3, 0.4) is 0 Å². The van der Waals surface area contributed by atoms with Crippen molar-refractivity contribution in [3.8, 4) is 0 Å².